The first-order chi connectivity index (χ1) is 6.43. The van der Waals surface area contributed by atoms with Crippen molar-refractivity contribution in [2.45, 2.75) is 0 Å². The van der Waals surface area contributed by atoms with Crippen LogP contribution in [-0.2, 0) is 0 Å². The Labute approximate surface area is 102 Å². The summed E-state index contributed by atoms with van der Waals surface area (Å²) in [6.07, 6.45) is 0. The second-order valence-electron chi connectivity index (χ2n) is 2.31. The van der Waals surface area contributed by atoms with E-state index in [0.29, 0.717) is 3.57 Å². The molecule has 0 heterocycles. The summed E-state index contributed by atoms with van der Waals surface area (Å²) in [5.74, 6) is 0. The molecule has 0 unspecified atom stereocenters. The number of halogens is 3. The van der Waals surface area contributed by atoms with Crippen molar-refractivity contribution in [3.05, 3.63) is 36.4 Å². The molecule has 0 aliphatic carbocycles. The van der Waals surface area contributed by atoms with Gasteiger partial charge in [0.2, 0.25) is 0 Å². The van der Waals surface area contributed by atoms with Crippen molar-refractivity contribution in [2.24, 2.45) is 0 Å². The van der Waals surface area contributed by atoms with Crippen LogP contribution in [0.3, 0.4) is 0 Å². The molecule has 7 heteroatoms. The number of rotatable bonds is 2. The van der Waals surface area contributed by atoms with Crippen LogP contribution in [0.1, 0.15) is 10.4 Å². The van der Waals surface area contributed by atoms with E-state index < -0.39 is 10.2 Å². The van der Waals surface area contributed by atoms with Crippen molar-refractivity contribution in [1.82, 2.24) is 0 Å². The maximum atomic E-state index is 10.8. The van der Waals surface area contributed by atoms with Gasteiger partial charge in [0.05, 0.1) is 4.92 Å². The minimum absolute atomic E-state index is 0.0978. The van der Waals surface area contributed by atoms with Gasteiger partial charge in [-0.3, -0.25) is 14.9 Å². The van der Waals surface area contributed by atoms with E-state index in [4.69, 9.17) is 23.2 Å². The second-order valence-corrected chi connectivity index (χ2v) is 4.23. The van der Waals surface area contributed by atoms with Gasteiger partial charge in [0.25, 0.3) is 10.9 Å². The van der Waals surface area contributed by atoms with E-state index in [1.807, 2.05) is 0 Å². The fraction of sp³-hybridized carbons (Fsp3) is 0. The first-order valence-electron chi connectivity index (χ1n) is 3.26. The first kappa shape index (κ1) is 11.7. The molecule has 0 aliphatic heterocycles. The molecular weight excluding hydrogens is 344 g/mol. The number of benzene rings is 1. The Bertz CT molecular complexity index is 382. The summed E-state index contributed by atoms with van der Waals surface area (Å²) in [5, 5.41) is 9.67. The average Bonchev–Trinajstić information content (AvgIpc) is 2.07. The van der Waals surface area contributed by atoms with Crippen LogP contribution in [0.2, 0.25) is 5.02 Å². The highest BCUT2D eigenvalue weighted by molar-refractivity contribution is 14.1. The Morgan fingerprint density at radius 3 is 2.50 bits per heavy atom. The van der Waals surface area contributed by atoms with Gasteiger partial charge < -0.3 is 0 Å². The molecule has 1 aromatic carbocycles. The quantitative estimate of drug-likeness (QED) is 0.358. The van der Waals surface area contributed by atoms with Gasteiger partial charge in [-0.05, 0) is 40.3 Å². The van der Waals surface area contributed by atoms with Gasteiger partial charge in [-0.25, -0.2) is 0 Å². The van der Waals surface area contributed by atoms with Crippen molar-refractivity contribution in [3.8, 4) is 0 Å². The van der Waals surface area contributed by atoms with Crippen molar-refractivity contribution >= 4 is 56.7 Å². The Kier molecular flexibility index (Phi) is 3.68. The highest BCUT2D eigenvalue weighted by Gasteiger charge is 2.18. The predicted molar refractivity (Wildman–Crippen MR) is 61.0 cm³/mol. The number of nitrogens with zero attached hydrogens (tertiary/aromatic N) is 1. The number of carbonyl (C=O) groups is 1. The van der Waals surface area contributed by atoms with Crippen LogP contribution in [0.4, 0.5) is 5.69 Å². The molecule has 0 aromatic heterocycles. The fourth-order valence-corrected chi connectivity index (χ4v) is 2.07. The smallest absolute Gasteiger partial charge is 0.276 e. The maximum absolute atomic E-state index is 10.8. The Morgan fingerprint density at radius 1 is 1.50 bits per heavy atom. The lowest BCUT2D eigenvalue weighted by atomic mass is 10.2. The summed E-state index contributed by atoms with van der Waals surface area (Å²) in [5.41, 5.74) is -0.0689. The molecule has 0 atom stereocenters. The lowest BCUT2D eigenvalue weighted by Gasteiger charge is -2.00. The third-order valence-corrected chi connectivity index (χ3v) is 2.84. The minimum Gasteiger partial charge on any atom is -0.276 e. The van der Waals surface area contributed by atoms with E-state index in [9.17, 15) is 14.9 Å². The molecule has 0 saturated heterocycles. The van der Waals surface area contributed by atoms with E-state index in [2.05, 4.69) is 0 Å². The third kappa shape index (κ3) is 2.34. The summed E-state index contributed by atoms with van der Waals surface area (Å²) in [4.78, 5) is 20.7. The summed E-state index contributed by atoms with van der Waals surface area (Å²) in [6.45, 7) is 0. The number of carbonyl (C=O) groups excluding carboxylic acids is 1. The van der Waals surface area contributed by atoms with Crippen molar-refractivity contribution in [2.75, 3.05) is 0 Å². The monoisotopic (exact) mass is 345 g/mol. The second kappa shape index (κ2) is 4.41. The molecule has 1 rings (SSSR count). The van der Waals surface area contributed by atoms with Gasteiger partial charge in [-0.2, -0.15) is 0 Å². The number of hydrogen-bond acceptors (Lipinski definition) is 3. The molecule has 0 amide bonds. The van der Waals surface area contributed by atoms with E-state index in [1.165, 1.54) is 12.1 Å². The summed E-state index contributed by atoms with van der Waals surface area (Å²) >= 11 is 12.6. The fourth-order valence-electron chi connectivity index (χ4n) is 0.827. The zero-order chi connectivity index (χ0) is 10.9. The maximum Gasteiger partial charge on any atom is 0.288 e. The normalized spacial score (nSPS) is 9.93. The highest BCUT2D eigenvalue weighted by Crippen LogP contribution is 2.29. The largest absolute Gasteiger partial charge is 0.288 e. The van der Waals surface area contributed by atoms with Gasteiger partial charge in [-0.15, -0.1) is 0 Å². The summed E-state index contributed by atoms with van der Waals surface area (Å²) in [7, 11) is 0. The van der Waals surface area contributed by atoms with Crippen LogP contribution < -0.4 is 0 Å². The molecule has 74 valence electrons. The van der Waals surface area contributed by atoms with Gasteiger partial charge in [0.15, 0.2) is 0 Å². The van der Waals surface area contributed by atoms with Crippen molar-refractivity contribution in [3.63, 3.8) is 0 Å². The highest BCUT2D eigenvalue weighted by atomic mass is 127. The van der Waals surface area contributed by atoms with Crippen LogP contribution in [0, 0.1) is 13.7 Å². The molecule has 14 heavy (non-hydrogen) atoms. The lowest BCUT2D eigenvalue weighted by Crippen LogP contribution is -1.97. The molecule has 4 nitrogen and oxygen atoms in total. The number of nitro groups is 1. The zero-order valence-corrected chi connectivity index (χ0v) is 10.1. The SMILES string of the molecule is O=C(Cl)c1cc(Cl)c([N+](=O)[O-])cc1I. The summed E-state index contributed by atoms with van der Waals surface area (Å²) in [6, 6.07) is 2.40. The molecule has 1 aromatic rings. The van der Waals surface area contributed by atoms with Crippen LogP contribution in [0.25, 0.3) is 0 Å². The zero-order valence-electron chi connectivity index (χ0n) is 6.46. The molecule has 0 radical (unpaired) electrons. The summed E-state index contributed by atoms with van der Waals surface area (Å²) < 4.78 is 0.402. The molecule has 0 saturated carbocycles. The van der Waals surface area contributed by atoms with Crippen LogP contribution in [0.15, 0.2) is 12.1 Å². The van der Waals surface area contributed by atoms with Gasteiger partial charge >= 0.3 is 0 Å². The van der Waals surface area contributed by atoms with Crippen LogP contribution >= 0.6 is 45.8 Å². The van der Waals surface area contributed by atoms with Gasteiger partial charge in [-0.1, -0.05) is 11.6 Å². The lowest BCUT2D eigenvalue weighted by molar-refractivity contribution is -0.384. The topological polar surface area (TPSA) is 60.2 Å². The molecule has 0 spiro atoms. The Morgan fingerprint density at radius 2 is 2.07 bits per heavy atom. The minimum atomic E-state index is -0.689. The average molecular weight is 346 g/mol. The first-order valence-corrected chi connectivity index (χ1v) is 5.10. The molecule has 0 aliphatic rings. The van der Waals surface area contributed by atoms with Crippen molar-refractivity contribution in [1.29, 1.82) is 0 Å². The van der Waals surface area contributed by atoms with Crippen molar-refractivity contribution < 1.29 is 9.72 Å². The van der Waals surface area contributed by atoms with Crippen LogP contribution in [0.5, 0.6) is 0 Å². The van der Waals surface area contributed by atoms with E-state index in [-0.39, 0.29) is 16.3 Å². The van der Waals surface area contributed by atoms with Gasteiger partial charge in [0.1, 0.15) is 5.02 Å². The number of hydrogen-bond donors (Lipinski definition) is 0. The molecule has 0 fully saturated rings. The van der Waals surface area contributed by atoms with E-state index in [0.717, 1.165) is 0 Å². The standard InChI is InChI=1S/C7H2Cl2INO3/c8-4-1-3(7(9)12)5(10)2-6(4)11(13)14/h1-2H. The molecular formula is C7H2Cl2INO3. The molecule has 0 N–H and O–H groups in total. The van der Waals surface area contributed by atoms with E-state index in [1.54, 1.807) is 22.6 Å². The number of nitro benzene ring substituents is 1. The Hall–Kier alpha value is -0.400. The third-order valence-electron chi connectivity index (χ3n) is 1.44. The van der Waals surface area contributed by atoms with Gasteiger partial charge in [0, 0.05) is 15.2 Å². The van der Waals surface area contributed by atoms with E-state index >= 15 is 0 Å². The molecule has 0 bridgehead atoms. The predicted octanol–water partition coefficient (Wildman–Crippen LogP) is 3.23. The Balaban J connectivity index is 3.38. The van der Waals surface area contributed by atoms with Crippen LogP contribution in [-0.4, -0.2) is 10.2 Å².